The van der Waals surface area contributed by atoms with E-state index in [1.165, 1.54) is 0 Å². The van der Waals surface area contributed by atoms with E-state index in [1.54, 1.807) is 9.80 Å². The fourth-order valence-corrected chi connectivity index (χ4v) is 7.06. The topological polar surface area (TPSA) is 293 Å². The van der Waals surface area contributed by atoms with Crippen LogP contribution in [0.4, 0.5) is 0 Å². The number of amides is 3. The van der Waals surface area contributed by atoms with Crippen molar-refractivity contribution < 1.29 is 62.9 Å². The van der Waals surface area contributed by atoms with E-state index in [2.05, 4.69) is 20.9 Å². The molecule has 0 aliphatic carbocycles. The molecule has 3 amide bonds. The van der Waals surface area contributed by atoms with Crippen molar-refractivity contribution in [2.24, 2.45) is 0 Å². The lowest BCUT2D eigenvalue weighted by atomic mass is 10.1. The molecule has 1 aliphatic rings. The average Bonchev–Trinajstić information content (AvgIpc) is 3.00. The summed E-state index contributed by atoms with van der Waals surface area (Å²) in [5.74, 6) is -3.49. The summed E-state index contributed by atoms with van der Waals surface area (Å²) >= 11 is 0. The normalized spacial score (nSPS) is 17.1. The highest BCUT2D eigenvalue weighted by Gasteiger charge is 2.28. The minimum Gasteiger partial charge on any atom is -0.480 e. The standard InChI is InChI=1S/C29H58N8O13P2/c1-3-8-31-29(44)24(7-5-6-9-30-25(38)18-37(22-51(45,46)47)23-52(48,49)50)32-26(39)19-34-12-10-33(4-2)11-13-35(20-27(40)41)16-17-36(15-14-34)21-28(42)43/h24H,3-23H2,1-2H3,(H,30,38)(H,31,44)(H,32,39)(H,40,41)(H,42,43)(H2,45,46,47)(H2,48,49,50)/t24-/m1/s1. The molecular formula is C29H58N8O13P2. The number of unbranched alkanes of at least 4 members (excludes halogenated alkanes) is 1. The van der Waals surface area contributed by atoms with Crippen molar-refractivity contribution in [3.63, 3.8) is 0 Å². The van der Waals surface area contributed by atoms with Crippen molar-refractivity contribution in [3.8, 4) is 0 Å². The minimum atomic E-state index is -4.70. The van der Waals surface area contributed by atoms with E-state index in [0.717, 1.165) is 0 Å². The van der Waals surface area contributed by atoms with Crippen LogP contribution in [0.25, 0.3) is 0 Å². The third kappa shape index (κ3) is 23.9. The van der Waals surface area contributed by atoms with E-state index < -0.39 is 64.1 Å². The first-order valence-corrected chi connectivity index (χ1v) is 20.9. The second-order valence-electron chi connectivity index (χ2n) is 12.7. The van der Waals surface area contributed by atoms with Crippen LogP contribution in [0.2, 0.25) is 0 Å². The van der Waals surface area contributed by atoms with Gasteiger partial charge in [-0.1, -0.05) is 13.8 Å². The molecule has 0 unspecified atom stereocenters. The number of nitrogens with zero attached hydrogens (tertiary/aromatic N) is 5. The van der Waals surface area contributed by atoms with Crippen LogP contribution < -0.4 is 16.0 Å². The molecule has 1 heterocycles. The van der Waals surface area contributed by atoms with Gasteiger partial charge in [-0.05, 0) is 32.2 Å². The van der Waals surface area contributed by atoms with Crippen molar-refractivity contribution in [3.05, 3.63) is 0 Å². The van der Waals surface area contributed by atoms with Crippen LogP contribution in [-0.2, 0) is 33.1 Å². The first-order valence-electron chi connectivity index (χ1n) is 17.3. The largest absolute Gasteiger partial charge is 0.480 e. The third-order valence-corrected chi connectivity index (χ3v) is 9.58. The Labute approximate surface area is 304 Å². The van der Waals surface area contributed by atoms with Crippen LogP contribution in [0.3, 0.4) is 0 Å². The third-order valence-electron chi connectivity index (χ3n) is 8.04. The molecule has 302 valence electrons. The molecule has 0 spiro atoms. The van der Waals surface area contributed by atoms with Crippen LogP contribution in [0, 0.1) is 0 Å². The summed E-state index contributed by atoms with van der Waals surface area (Å²) in [5.41, 5.74) is 0. The van der Waals surface area contributed by atoms with Crippen LogP contribution in [0.5, 0.6) is 0 Å². The molecule has 23 heteroatoms. The molecular weight excluding hydrogens is 730 g/mol. The Morgan fingerprint density at radius 2 is 1.12 bits per heavy atom. The molecule has 0 aromatic rings. The SMILES string of the molecule is CCCNC(=O)[C@@H](CCCCNC(=O)CN(CP(=O)(O)O)CP(=O)(O)O)NC(=O)CN1CCN(CC)CCN(CC(=O)O)CCN(CC(=O)O)CC1. The molecule has 1 atom stereocenters. The average molecular weight is 789 g/mol. The van der Waals surface area contributed by atoms with Crippen molar-refractivity contribution in [1.29, 1.82) is 0 Å². The van der Waals surface area contributed by atoms with Gasteiger partial charge < -0.3 is 50.6 Å². The fraction of sp³-hybridized carbons (Fsp3) is 0.828. The number of rotatable bonds is 22. The molecule has 21 nitrogen and oxygen atoms in total. The van der Waals surface area contributed by atoms with Gasteiger partial charge in [-0.3, -0.25) is 52.7 Å². The maximum atomic E-state index is 13.3. The molecule has 0 bridgehead atoms. The number of carboxylic acids is 2. The first-order chi connectivity index (χ1) is 24.3. The Morgan fingerprint density at radius 3 is 1.54 bits per heavy atom. The van der Waals surface area contributed by atoms with Gasteiger partial charge in [0.1, 0.15) is 18.6 Å². The molecule has 1 rings (SSSR count). The highest BCUT2D eigenvalue weighted by atomic mass is 31.2. The number of hydrogen-bond donors (Lipinski definition) is 9. The number of hydrogen-bond acceptors (Lipinski definition) is 12. The molecule has 0 radical (unpaired) electrons. The second kappa shape index (κ2) is 24.7. The number of carboxylic acid groups (broad SMARTS) is 2. The number of likely N-dealkylation sites (N-methyl/N-ethyl adjacent to an activating group) is 1. The highest BCUT2D eigenvalue weighted by Crippen LogP contribution is 2.40. The Balaban J connectivity index is 2.85. The number of aliphatic carboxylic acids is 2. The van der Waals surface area contributed by atoms with Gasteiger partial charge in [0.15, 0.2) is 0 Å². The zero-order valence-electron chi connectivity index (χ0n) is 30.1. The lowest BCUT2D eigenvalue weighted by Crippen LogP contribution is -2.52. The van der Waals surface area contributed by atoms with Crippen molar-refractivity contribution >= 4 is 44.9 Å². The molecule has 52 heavy (non-hydrogen) atoms. The van der Waals surface area contributed by atoms with E-state index in [4.69, 9.17) is 0 Å². The Bertz CT molecular complexity index is 1210. The van der Waals surface area contributed by atoms with Gasteiger partial charge in [-0.2, -0.15) is 0 Å². The molecule has 1 fully saturated rings. The predicted octanol–water partition coefficient (Wildman–Crippen LogP) is -2.73. The van der Waals surface area contributed by atoms with E-state index in [0.29, 0.717) is 89.6 Å². The molecule has 0 aromatic carbocycles. The van der Waals surface area contributed by atoms with Gasteiger partial charge in [0.05, 0.1) is 26.2 Å². The molecule has 0 aromatic heterocycles. The first kappa shape index (κ1) is 47.5. The summed E-state index contributed by atoms with van der Waals surface area (Å²) in [7, 11) is -9.40. The predicted molar refractivity (Wildman–Crippen MR) is 189 cm³/mol. The summed E-state index contributed by atoms with van der Waals surface area (Å²) in [4.78, 5) is 106. The monoisotopic (exact) mass is 788 g/mol. The van der Waals surface area contributed by atoms with Gasteiger partial charge in [-0.15, -0.1) is 0 Å². The highest BCUT2D eigenvalue weighted by molar-refractivity contribution is 7.52. The number of carbonyl (C=O) groups is 5. The van der Waals surface area contributed by atoms with Crippen LogP contribution in [-0.4, -0.2) is 201 Å². The number of carbonyl (C=O) groups excluding carboxylic acids is 3. The summed E-state index contributed by atoms with van der Waals surface area (Å²) in [6.07, 6.45) is -0.384. The van der Waals surface area contributed by atoms with Gasteiger partial charge in [0, 0.05) is 65.4 Å². The van der Waals surface area contributed by atoms with E-state index in [9.17, 15) is 62.9 Å². The molecule has 0 saturated carbocycles. The van der Waals surface area contributed by atoms with Crippen LogP contribution in [0.15, 0.2) is 0 Å². The maximum absolute atomic E-state index is 13.3. The number of nitrogens with one attached hydrogen (secondary N) is 3. The quantitative estimate of drug-likeness (QED) is 0.0397. The molecule has 9 N–H and O–H groups in total. The smallest absolute Gasteiger partial charge is 0.339 e. The Hall–Kier alpha value is -2.55. The van der Waals surface area contributed by atoms with Crippen molar-refractivity contribution in [1.82, 2.24) is 40.4 Å². The summed E-state index contributed by atoms with van der Waals surface area (Å²) in [5, 5.41) is 26.9. The van der Waals surface area contributed by atoms with Crippen molar-refractivity contribution in [2.75, 3.05) is 111 Å². The van der Waals surface area contributed by atoms with Crippen molar-refractivity contribution in [2.45, 2.75) is 45.6 Å². The second-order valence-corrected chi connectivity index (χ2v) is 16.0. The summed E-state index contributed by atoms with van der Waals surface area (Å²) in [6, 6.07) is -0.889. The minimum absolute atomic E-state index is 0.0586. The Kier molecular flexibility index (Phi) is 22.6. The lowest BCUT2D eigenvalue weighted by Gasteiger charge is -2.33. The van der Waals surface area contributed by atoms with Crippen LogP contribution in [0.1, 0.15) is 39.5 Å². The van der Waals surface area contributed by atoms with E-state index in [-0.39, 0.29) is 38.5 Å². The van der Waals surface area contributed by atoms with E-state index >= 15 is 0 Å². The lowest BCUT2D eigenvalue weighted by molar-refractivity contribution is -0.140. The van der Waals surface area contributed by atoms with Gasteiger partial charge in [-0.25, -0.2) is 0 Å². The zero-order valence-corrected chi connectivity index (χ0v) is 31.9. The van der Waals surface area contributed by atoms with Gasteiger partial charge in [0.25, 0.3) is 0 Å². The summed E-state index contributed by atoms with van der Waals surface area (Å²) in [6.45, 7) is 7.39. The van der Waals surface area contributed by atoms with Gasteiger partial charge >= 0.3 is 27.1 Å². The zero-order chi connectivity index (χ0) is 39.3. The van der Waals surface area contributed by atoms with Crippen LogP contribution >= 0.6 is 15.2 Å². The molecule has 1 aliphatic heterocycles. The van der Waals surface area contributed by atoms with E-state index in [1.807, 2.05) is 18.7 Å². The summed E-state index contributed by atoms with van der Waals surface area (Å²) < 4.78 is 22.7. The maximum Gasteiger partial charge on any atom is 0.339 e. The van der Waals surface area contributed by atoms with Gasteiger partial charge in [0.2, 0.25) is 17.7 Å². The fourth-order valence-electron chi connectivity index (χ4n) is 5.46. The molecule has 1 saturated heterocycles. The Morgan fingerprint density at radius 1 is 0.654 bits per heavy atom.